The highest BCUT2D eigenvalue weighted by Crippen LogP contribution is 2.15. The summed E-state index contributed by atoms with van der Waals surface area (Å²) < 4.78 is 0. The molecule has 0 unspecified atom stereocenters. The molecule has 18 heavy (non-hydrogen) atoms. The number of hydrogen-bond donors (Lipinski definition) is 2. The lowest BCUT2D eigenvalue weighted by Crippen LogP contribution is -2.11. The maximum Gasteiger partial charge on any atom is 0.224 e. The minimum absolute atomic E-state index is 0.0721. The number of aliphatic hydroxyl groups is 1. The van der Waals surface area contributed by atoms with Crippen LogP contribution >= 0.6 is 0 Å². The molecule has 0 spiro atoms. The highest BCUT2D eigenvalue weighted by Gasteiger charge is 2.06. The van der Waals surface area contributed by atoms with Gasteiger partial charge in [-0.3, -0.25) is 4.79 Å². The van der Waals surface area contributed by atoms with Crippen LogP contribution in [-0.2, 0) is 4.79 Å². The maximum absolute atomic E-state index is 11.5. The Kier molecular flexibility index (Phi) is 5.37. The lowest BCUT2D eigenvalue weighted by Gasteiger charge is -2.05. The molecule has 0 aromatic heterocycles. The third-order valence-corrected chi connectivity index (χ3v) is 2.36. The highest BCUT2D eigenvalue weighted by molar-refractivity contribution is 5.90. The second-order valence-corrected chi connectivity index (χ2v) is 3.71. The van der Waals surface area contributed by atoms with Gasteiger partial charge >= 0.3 is 0 Å². The lowest BCUT2D eigenvalue weighted by atomic mass is 10.1. The van der Waals surface area contributed by atoms with E-state index in [0.717, 1.165) is 0 Å². The summed E-state index contributed by atoms with van der Waals surface area (Å²) in [6.45, 7) is 0.0721. The van der Waals surface area contributed by atoms with Crippen LogP contribution in [0.4, 0.5) is 5.69 Å². The molecule has 1 aromatic carbocycles. The summed E-state index contributed by atoms with van der Waals surface area (Å²) in [5.74, 6) is -0.169. The fraction of sp³-hybridized carbons (Fsp3) is 0.308. The van der Waals surface area contributed by atoms with Crippen LogP contribution in [0.5, 0.6) is 0 Å². The van der Waals surface area contributed by atoms with E-state index in [1.165, 1.54) is 12.1 Å². The molecule has 1 amide bonds. The van der Waals surface area contributed by atoms with Crippen LogP contribution in [0.1, 0.15) is 30.4 Å². The molecule has 0 radical (unpaired) electrons. The van der Waals surface area contributed by atoms with Crippen molar-refractivity contribution < 1.29 is 9.90 Å². The first-order chi connectivity index (χ1) is 8.71. The molecule has 0 bridgehead atoms. The van der Waals surface area contributed by atoms with Gasteiger partial charge in [-0.05, 0) is 31.0 Å². The predicted octanol–water partition coefficient (Wildman–Crippen LogP) is 1.53. The Labute approximate surface area is 105 Å². The molecular formula is C13H13N3O2. The van der Waals surface area contributed by atoms with Crippen molar-refractivity contribution in [2.75, 3.05) is 11.9 Å². The summed E-state index contributed by atoms with van der Waals surface area (Å²) in [5, 5.41) is 28.8. The third-order valence-electron chi connectivity index (χ3n) is 2.36. The summed E-state index contributed by atoms with van der Waals surface area (Å²) in [4.78, 5) is 11.5. The van der Waals surface area contributed by atoms with E-state index in [4.69, 9.17) is 15.6 Å². The average molecular weight is 243 g/mol. The minimum Gasteiger partial charge on any atom is -0.396 e. The molecule has 0 aliphatic rings. The SMILES string of the molecule is N#Cc1ccc(NC(=O)CCCCO)cc1C#N. The first kappa shape index (κ1) is 13.7. The van der Waals surface area contributed by atoms with E-state index in [0.29, 0.717) is 24.9 Å². The molecule has 5 nitrogen and oxygen atoms in total. The first-order valence-electron chi connectivity index (χ1n) is 5.56. The zero-order valence-electron chi connectivity index (χ0n) is 9.81. The number of nitriles is 2. The quantitative estimate of drug-likeness (QED) is 0.766. The summed E-state index contributed by atoms with van der Waals surface area (Å²) >= 11 is 0. The standard InChI is InChI=1S/C13H13N3O2/c14-8-10-4-5-12(7-11(10)9-15)16-13(18)3-1-2-6-17/h4-5,7,17H,1-3,6H2,(H,16,18). The van der Waals surface area contributed by atoms with Crippen molar-refractivity contribution in [3.8, 4) is 12.1 Å². The summed E-state index contributed by atoms with van der Waals surface area (Å²) in [5.41, 5.74) is 1.03. The van der Waals surface area contributed by atoms with E-state index in [-0.39, 0.29) is 23.6 Å². The Morgan fingerprint density at radius 2 is 1.94 bits per heavy atom. The number of aliphatic hydroxyl groups excluding tert-OH is 1. The van der Waals surface area contributed by atoms with Gasteiger partial charge in [0.1, 0.15) is 12.1 Å². The van der Waals surface area contributed by atoms with Gasteiger partial charge in [-0.25, -0.2) is 0 Å². The molecule has 5 heteroatoms. The minimum atomic E-state index is -0.169. The molecule has 1 rings (SSSR count). The first-order valence-corrected chi connectivity index (χ1v) is 5.56. The molecule has 0 saturated carbocycles. The summed E-state index contributed by atoms with van der Waals surface area (Å²) in [6, 6.07) is 8.37. The number of unbranched alkanes of at least 4 members (excludes halogenated alkanes) is 1. The largest absolute Gasteiger partial charge is 0.396 e. The topological polar surface area (TPSA) is 96.9 Å². The molecule has 0 aliphatic carbocycles. The van der Waals surface area contributed by atoms with Crippen molar-refractivity contribution >= 4 is 11.6 Å². The second kappa shape index (κ2) is 7.05. The Balaban J connectivity index is 2.66. The number of carbonyl (C=O) groups is 1. The Morgan fingerprint density at radius 3 is 2.56 bits per heavy atom. The van der Waals surface area contributed by atoms with Crippen LogP contribution in [0.3, 0.4) is 0 Å². The smallest absolute Gasteiger partial charge is 0.224 e. The van der Waals surface area contributed by atoms with E-state index in [1.54, 1.807) is 6.07 Å². The van der Waals surface area contributed by atoms with Crippen molar-refractivity contribution in [1.82, 2.24) is 0 Å². The summed E-state index contributed by atoms with van der Waals surface area (Å²) in [6.07, 6.45) is 1.52. The number of carbonyl (C=O) groups excluding carboxylic acids is 1. The van der Waals surface area contributed by atoms with Crippen LogP contribution in [0.25, 0.3) is 0 Å². The van der Waals surface area contributed by atoms with E-state index in [1.807, 2.05) is 12.1 Å². The number of hydrogen-bond acceptors (Lipinski definition) is 4. The molecule has 0 saturated heterocycles. The predicted molar refractivity (Wildman–Crippen MR) is 65.4 cm³/mol. The van der Waals surface area contributed by atoms with Gasteiger partial charge in [-0.1, -0.05) is 0 Å². The van der Waals surface area contributed by atoms with E-state index >= 15 is 0 Å². The lowest BCUT2D eigenvalue weighted by molar-refractivity contribution is -0.116. The second-order valence-electron chi connectivity index (χ2n) is 3.71. The molecule has 92 valence electrons. The molecule has 0 heterocycles. The van der Waals surface area contributed by atoms with Gasteiger partial charge in [0.15, 0.2) is 0 Å². The monoisotopic (exact) mass is 243 g/mol. The van der Waals surface area contributed by atoms with Crippen LogP contribution in [0.15, 0.2) is 18.2 Å². The molecule has 1 aromatic rings. The molecule has 0 fully saturated rings. The normalized spacial score (nSPS) is 9.28. The summed E-state index contributed by atoms with van der Waals surface area (Å²) in [7, 11) is 0. The zero-order chi connectivity index (χ0) is 13.4. The number of amides is 1. The van der Waals surface area contributed by atoms with Gasteiger partial charge in [0.2, 0.25) is 5.91 Å². The zero-order valence-corrected chi connectivity index (χ0v) is 9.81. The van der Waals surface area contributed by atoms with Crippen molar-refractivity contribution in [2.45, 2.75) is 19.3 Å². The van der Waals surface area contributed by atoms with Crippen LogP contribution in [0, 0.1) is 22.7 Å². The number of anilines is 1. The van der Waals surface area contributed by atoms with E-state index < -0.39 is 0 Å². The van der Waals surface area contributed by atoms with Crippen molar-refractivity contribution in [3.05, 3.63) is 29.3 Å². The molecule has 0 atom stereocenters. The van der Waals surface area contributed by atoms with Gasteiger partial charge in [-0.15, -0.1) is 0 Å². The maximum atomic E-state index is 11.5. The average Bonchev–Trinajstić information content (AvgIpc) is 2.39. The van der Waals surface area contributed by atoms with Gasteiger partial charge in [0.05, 0.1) is 11.1 Å². The van der Waals surface area contributed by atoms with Crippen molar-refractivity contribution in [3.63, 3.8) is 0 Å². The van der Waals surface area contributed by atoms with E-state index in [9.17, 15) is 4.79 Å². The van der Waals surface area contributed by atoms with Gasteiger partial charge < -0.3 is 10.4 Å². The van der Waals surface area contributed by atoms with Crippen LogP contribution in [-0.4, -0.2) is 17.6 Å². The Morgan fingerprint density at radius 1 is 1.22 bits per heavy atom. The Bertz CT molecular complexity index is 512. The molecular weight excluding hydrogens is 230 g/mol. The molecule has 2 N–H and O–H groups in total. The Hall–Kier alpha value is -2.37. The van der Waals surface area contributed by atoms with E-state index in [2.05, 4.69) is 5.32 Å². The fourth-order valence-corrected chi connectivity index (χ4v) is 1.43. The van der Waals surface area contributed by atoms with Gasteiger partial charge in [-0.2, -0.15) is 10.5 Å². The van der Waals surface area contributed by atoms with Gasteiger partial charge in [0, 0.05) is 18.7 Å². The van der Waals surface area contributed by atoms with Crippen molar-refractivity contribution in [1.29, 1.82) is 10.5 Å². The van der Waals surface area contributed by atoms with Crippen LogP contribution in [0.2, 0.25) is 0 Å². The number of rotatable bonds is 5. The number of benzene rings is 1. The number of nitrogens with one attached hydrogen (secondary N) is 1. The number of nitrogens with zero attached hydrogens (tertiary/aromatic N) is 2. The highest BCUT2D eigenvalue weighted by atomic mass is 16.2. The van der Waals surface area contributed by atoms with Gasteiger partial charge in [0.25, 0.3) is 0 Å². The molecule has 0 aliphatic heterocycles. The van der Waals surface area contributed by atoms with Crippen molar-refractivity contribution in [2.24, 2.45) is 0 Å². The third kappa shape index (κ3) is 3.89. The van der Waals surface area contributed by atoms with Crippen LogP contribution < -0.4 is 5.32 Å². The fourth-order valence-electron chi connectivity index (χ4n) is 1.43.